The van der Waals surface area contributed by atoms with E-state index in [1.807, 2.05) is 43.5 Å². The van der Waals surface area contributed by atoms with E-state index in [1.165, 1.54) is 16.9 Å². The molecule has 0 spiro atoms. The summed E-state index contributed by atoms with van der Waals surface area (Å²) >= 11 is 3.02. The number of benzene rings is 1. The summed E-state index contributed by atoms with van der Waals surface area (Å²) in [6, 6.07) is 9.77. The minimum atomic E-state index is -3.56. The molecule has 1 aromatic carbocycles. The molecule has 0 unspecified atom stereocenters. The second kappa shape index (κ2) is 7.60. The van der Waals surface area contributed by atoms with E-state index in [9.17, 15) is 8.42 Å². The zero-order valence-electron chi connectivity index (χ0n) is 15.2. The Labute approximate surface area is 163 Å². The van der Waals surface area contributed by atoms with E-state index >= 15 is 0 Å². The average Bonchev–Trinajstić information content (AvgIpc) is 3.19. The molecular formula is C19H22N2O2S3. The van der Waals surface area contributed by atoms with Gasteiger partial charge in [0.1, 0.15) is 0 Å². The Bertz CT molecular complexity index is 1000. The summed E-state index contributed by atoms with van der Waals surface area (Å²) in [6.07, 6.45) is 0. The van der Waals surface area contributed by atoms with Gasteiger partial charge in [-0.3, -0.25) is 0 Å². The molecule has 0 atom stereocenters. The van der Waals surface area contributed by atoms with E-state index in [0.29, 0.717) is 10.8 Å². The average molecular weight is 407 g/mol. The summed E-state index contributed by atoms with van der Waals surface area (Å²) in [4.78, 5) is 6.44. The van der Waals surface area contributed by atoms with Gasteiger partial charge in [0.05, 0.1) is 20.5 Å². The van der Waals surface area contributed by atoms with Crippen molar-refractivity contribution in [1.82, 2.24) is 9.71 Å². The lowest BCUT2D eigenvalue weighted by molar-refractivity contribution is 0.581. The second-order valence-electron chi connectivity index (χ2n) is 6.50. The zero-order chi connectivity index (χ0) is 18.9. The number of hydrogen-bond donors (Lipinski definition) is 1. The Morgan fingerprint density at radius 1 is 1.15 bits per heavy atom. The van der Waals surface area contributed by atoms with Gasteiger partial charge in [0.25, 0.3) is 0 Å². The highest BCUT2D eigenvalue weighted by Crippen LogP contribution is 2.34. The van der Waals surface area contributed by atoms with Crippen molar-refractivity contribution in [3.05, 3.63) is 56.7 Å². The molecule has 1 N–H and O–H groups in total. The Morgan fingerprint density at radius 2 is 1.85 bits per heavy atom. The van der Waals surface area contributed by atoms with Crippen LogP contribution in [0.2, 0.25) is 0 Å². The maximum absolute atomic E-state index is 12.7. The zero-order valence-corrected chi connectivity index (χ0v) is 17.7. The van der Waals surface area contributed by atoms with Gasteiger partial charge in [0, 0.05) is 16.8 Å². The van der Waals surface area contributed by atoms with Crippen molar-refractivity contribution >= 4 is 32.7 Å². The van der Waals surface area contributed by atoms with Crippen molar-refractivity contribution in [2.24, 2.45) is 0 Å². The van der Waals surface area contributed by atoms with Crippen LogP contribution in [0.15, 0.2) is 40.6 Å². The van der Waals surface area contributed by atoms with Crippen molar-refractivity contribution < 1.29 is 8.42 Å². The van der Waals surface area contributed by atoms with Crippen molar-refractivity contribution in [3.63, 3.8) is 0 Å². The summed E-state index contributed by atoms with van der Waals surface area (Å²) in [5.74, 6) is 0.460. The number of rotatable bonds is 6. The third-order valence-electron chi connectivity index (χ3n) is 4.15. The molecule has 2 heterocycles. The van der Waals surface area contributed by atoms with Gasteiger partial charge in [-0.1, -0.05) is 38.1 Å². The molecule has 138 valence electrons. The molecule has 3 rings (SSSR count). The van der Waals surface area contributed by atoms with Gasteiger partial charge in [-0.05, 0) is 37.0 Å². The topological polar surface area (TPSA) is 59.1 Å². The molecule has 0 fully saturated rings. The highest BCUT2D eigenvalue weighted by atomic mass is 32.2. The lowest BCUT2D eigenvalue weighted by atomic mass is 10.0. The van der Waals surface area contributed by atoms with Crippen LogP contribution in [-0.2, 0) is 16.6 Å². The minimum absolute atomic E-state index is 0.279. The van der Waals surface area contributed by atoms with E-state index in [-0.39, 0.29) is 6.54 Å². The first-order chi connectivity index (χ1) is 12.3. The van der Waals surface area contributed by atoms with Crippen LogP contribution in [-0.4, -0.2) is 13.4 Å². The number of hydrogen-bond acceptors (Lipinski definition) is 5. The maximum Gasteiger partial charge on any atom is 0.241 e. The molecule has 0 aliphatic heterocycles. The predicted octanol–water partition coefficient (Wildman–Crippen LogP) is 5.09. The Balaban J connectivity index is 1.77. The Kier molecular flexibility index (Phi) is 5.62. The van der Waals surface area contributed by atoms with Gasteiger partial charge >= 0.3 is 0 Å². The molecule has 0 saturated carbocycles. The van der Waals surface area contributed by atoms with E-state index < -0.39 is 10.0 Å². The first-order valence-electron chi connectivity index (χ1n) is 8.37. The van der Waals surface area contributed by atoms with E-state index in [4.69, 9.17) is 0 Å². The molecule has 0 aliphatic rings. The minimum Gasteiger partial charge on any atom is -0.241 e. The Hall–Kier alpha value is -1.54. The van der Waals surface area contributed by atoms with Crippen LogP contribution >= 0.6 is 22.7 Å². The van der Waals surface area contributed by atoms with Crippen LogP contribution in [0, 0.1) is 13.8 Å². The van der Waals surface area contributed by atoms with Crippen LogP contribution in [0.4, 0.5) is 0 Å². The number of thiazole rings is 1. The largest absolute Gasteiger partial charge is 0.241 e. The highest BCUT2D eigenvalue weighted by Gasteiger charge is 2.21. The van der Waals surface area contributed by atoms with E-state index in [0.717, 1.165) is 26.0 Å². The summed E-state index contributed by atoms with van der Waals surface area (Å²) in [5.41, 5.74) is 3.03. The first-order valence-corrected chi connectivity index (χ1v) is 11.6. The molecule has 7 heteroatoms. The summed E-state index contributed by atoms with van der Waals surface area (Å²) in [7, 11) is -3.56. The molecule has 4 nitrogen and oxygen atoms in total. The van der Waals surface area contributed by atoms with Crippen LogP contribution in [0.5, 0.6) is 0 Å². The normalized spacial score (nSPS) is 12.0. The van der Waals surface area contributed by atoms with E-state index in [1.54, 1.807) is 17.4 Å². The molecule has 0 radical (unpaired) electrons. The summed E-state index contributed by atoms with van der Waals surface area (Å²) < 4.78 is 28.2. The monoisotopic (exact) mass is 406 g/mol. The summed E-state index contributed by atoms with van der Waals surface area (Å²) in [6.45, 7) is 8.33. The molecule has 0 aliphatic carbocycles. The molecule has 26 heavy (non-hydrogen) atoms. The highest BCUT2D eigenvalue weighted by molar-refractivity contribution is 7.89. The number of aryl methyl sites for hydroxylation is 2. The fourth-order valence-electron chi connectivity index (χ4n) is 2.61. The molecule has 0 bridgehead atoms. The molecule has 0 saturated heterocycles. The third kappa shape index (κ3) is 4.23. The number of sulfonamides is 1. The summed E-state index contributed by atoms with van der Waals surface area (Å²) in [5, 5.41) is 2.93. The lowest BCUT2D eigenvalue weighted by Crippen LogP contribution is -2.23. The smallest absolute Gasteiger partial charge is 0.241 e. The lowest BCUT2D eigenvalue weighted by Gasteiger charge is -2.09. The van der Waals surface area contributed by atoms with Crippen molar-refractivity contribution in [1.29, 1.82) is 0 Å². The van der Waals surface area contributed by atoms with Crippen LogP contribution in [0.1, 0.15) is 40.8 Å². The second-order valence-corrected chi connectivity index (χ2v) is 10.6. The fourth-order valence-corrected chi connectivity index (χ4v) is 5.87. The van der Waals surface area contributed by atoms with Gasteiger partial charge in [0.15, 0.2) is 0 Å². The number of nitrogens with zero attached hydrogens (tertiary/aromatic N) is 1. The first kappa shape index (κ1) is 19.2. The molecule has 3 aromatic rings. The quantitative estimate of drug-likeness (QED) is 0.620. The van der Waals surface area contributed by atoms with Gasteiger partial charge < -0.3 is 0 Å². The van der Waals surface area contributed by atoms with E-state index in [2.05, 4.69) is 23.6 Å². The van der Waals surface area contributed by atoms with Gasteiger partial charge in [-0.15, -0.1) is 22.7 Å². The molecular weight excluding hydrogens is 384 g/mol. The Morgan fingerprint density at radius 3 is 2.42 bits per heavy atom. The SMILES string of the molecule is Cc1nc(-c2cc(S(=O)(=O)NCc3ccc(C(C)C)cc3)c(C)s2)cs1. The van der Waals surface area contributed by atoms with Crippen molar-refractivity contribution in [3.8, 4) is 10.6 Å². The van der Waals surface area contributed by atoms with Crippen LogP contribution in [0.3, 0.4) is 0 Å². The van der Waals surface area contributed by atoms with Gasteiger partial charge in [0.2, 0.25) is 10.0 Å². The predicted molar refractivity (Wildman–Crippen MR) is 109 cm³/mol. The van der Waals surface area contributed by atoms with Crippen molar-refractivity contribution in [2.45, 2.75) is 45.1 Å². The van der Waals surface area contributed by atoms with Gasteiger partial charge in [-0.2, -0.15) is 0 Å². The van der Waals surface area contributed by atoms with Crippen molar-refractivity contribution in [2.75, 3.05) is 0 Å². The van der Waals surface area contributed by atoms with Gasteiger partial charge in [-0.25, -0.2) is 18.1 Å². The number of nitrogens with one attached hydrogen (secondary N) is 1. The van der Waals surface area contributed by atoms with Crippen LogP contribution in [0.25, 0.3) is 10.6 Å². The number of thiophene rings is 1. The standard InChI is InChI=1S/C19H22N2O2S3/c1-12(2)16-7-5-15(6-8-16)10-20-26(22,23)19-9-18(25-13(19)3)17-11-24-14(4)21-17/h5-9,11-12,20H,10H2,1-4H3. The number of aromatic nitrogens is 1. The fraction of sp³-hybridized carbons (Fsp3) is 0.316. The molecule has 0 amide bonds. The van der Waals surface area contributed by atoms with Crippen LogP contribution < -0.4 is 4.72 Å². The molecule has 2 aromatic heterocycles. The maximum atomic E-state index is 12.7. The third-order valence-corrected chi connectivity index (χ3v) is 7.65.